The minimum atomic E-state index is -4.75. The maximum Gasteiger partial charge on any atom is 0.416 e. The number of ketones is 1. The van der Waals surface area contributed by atoms with Crippen LogP contribution in [0.15, 0.2) is 41.6 Å². The maximum atomic E-state index is 14.5. The van der Waals surface area contributed by atoms with E-state index in [9.17, 15) is 27.2 Å². The molecule has 4 atom stereocenters. The average molecular weight is 489 g/mol. The Morgan fingerprint density at radius 2 is 1.97 bits per heavy atom. The second-order valence-electron chi connectivity index (χ2n) is 10.1. The van der Waals surface area contributed by atoms with Gasteiger partial charge in [-0.2, -0.15) is 18.4 Å². The van der Waals surface area contributed by atoms with Gasteiger partial charge >= 0.3 is 6.18 Å². The van der Waals surface area contributed by atoms with Gasteiger partial charge in [0.05, 0.1) is 18.2 Å². The minimum absolute atomic E-state index is 0.00293. The van der Waals surface area contributed by atoms with Crippen molar-refractivity contribution in [3.05, 3.63) is 58.6 Å². The number of halogens is 4. The fraction of sp³-hybridized carbons (Fsp3) is 0.519. The number of benzene rings is 1. The summed E-state index contributed by atoms with van der Waals surface area (Å²) in [6.45, 7) is 3.37. The van der Waals surface area contributed by atoms with Crippen LogP contribution in [0.1, 0.15) is 63.5 Å². The molecule has 0 N–H and O–H groups in total. The Kier molecular flexibility index (Phi) is 6.65. The van der Waals surface area contributed by atoms with Gasteiger partial charge in [0.15, 0.2) is 5.78 Å². The van der Waals surface area contributed by atoms with Crippen molar-refractivity contribution in [1.82, 2.24) is 4.90 Å². The van der Waals surface area contributed by atoms with Crippen molar-refractivity contribution < 1.29 is 27.2 Å². The number of carbonyl (C=O) groups is 2. The number of alkyl halides is 3. The molecule has 0 spiro atoms. The van der Waals surface area contributed by atoms with Gasteiger partial charge in [-0.15, -0.1) is 0 Å². The SMILES string of the molecule is CC1=CC(=O)[C@H]2[C@@H](CCC3=CN(Cc4c(F)cccc4C(F)(F)F)C(=O)CC[C@@]32C)[C@@H]1CCC#N. The molecule has 3 aliphatic rings. The summed E-state index contributed by atoms with van der Waals surface area (Å²) in [5.74, 6) is -1.60. The van der Waals surface area contributed by atoms with Crippen LogP contribution in [-0.2, 0) is 22.3 Å². The van der Waals surface area contributed by atoms with E-state index in [2.05, 4.69) is 6.07 Å². The monoisotopic (exact) mass is 488 g/mol. The molecule has 1 fully saturated rings. The lowest BCUT2D eigenvalue weighted by Crippen LogP contribution is -2.48. The summed E-state index contributed by atoms with van der Waals surface area (Å²) in [5.41, 5.74) is -0.466. The first-order chi connectivity index (χ1) is 16.5. The van der Waals surface area contributed by atoms with Gasteiger partial charge in [0.25, 0.3) is 0 Å². The molecule has 1 amide bonds. The van der Waals surface area contributed by atoms with E-state index in [1.54, 1.807) is 12.3 Å². The van der Waals surface area contributed by atoms with E-state index in [0.717, 1.165) is 29.3 Å². The summed E-state index contributed by atoms with van der Waals surface area (Å²) in [4.78, 5) is 27.5. The molecule has 1 aliphatic heterocycles. The number of hydrogen-bond donors (Lipinski definition) is 0. The summed E-state index contributed by atoms with van der Waals surface area (Å²) >= 11 is 0. The van der Waals surface area contributed by atoms with E-state index in [0.29, 0.717) is 32.1 Å². The Morgan fingerprint density at radius 3 is 2.66 bits per heavy atom. The quantitative estimate of drug-likeness (QED) is 0.465. The van der Waals surface area contributed by atoms with Gasteiger partial charge in [-0.1, -0.05) is 18.6 Å². The number of nitriles is 1. The van der Waals surface area contributed by atoms with Gasteiger partial charge in [0.2, 0.25) is 5.91 Å². The largest absolute Gasteiger partial charge is 0.416 e. The molecule has 4 rings (SSSR count). The molecule has 186 valence electrons. The Morgan fingerprint density at radius 1 is 1.23 bits per heavy atom. The lowest BCUT2D eigenvalue weighted by molar-refractivity contribution is -0.139. The highest BCUT2D eigenvalue weighted by atomic mass is 19.4. The highest BCUT2D eigenvalue weighted by Crippen LogP contribution is 2.57. The summed E-state index contributed by atoms with van der Waals surface area (Å²) in [5, 5.41) is 9.09. The van der Waals surface area contributed by atoms with Crippen molar-refractivity contribution in [2.45, 2.75) is 65.1 Å². The van der Waals surface area contributed by atoms with E-state index in [1.807, 2.05) is 13.8 Å². The Hall–Kier alpha value is -2.95. The van der Waals surface area contributed by atoms with Crippen LogP contribution in [0.4, 0.5) is 17.6 Å². The maximum absolute atomic E-state index is 14.5. The highest BCUT2D eigenvalue weighted by molar-refractivity contribution is 5.95. The van der Waals surface area contributed by atoms with Gasteiger partial charge in [-0.05, 0) is 68.2 Å². The predicted molar refractivity (Wildman–Crippen MR) is 121 cm³/mol. The third-order valence-corrected chi connectivity index (χ3v) is 8.18. The molecule has 0 radical (unpaired) electrons. The summed E-state index contributed by atoms with van der Waals surface area (Å²) in [6, 6.07) is 4.98. The second kappa shape index (κ2) is 9.25. The first kappa shape index (κ1) is 25.2. The first-order valence-electron chi connectivity index (χ1n) is 11.9. The summed E-state index contributed by atoms with van der Waals surface area (Å²) < 4.78 is 55.1. The van der Waals surface area contributed by atoms with Gasteiger partial charge in [-0.25, -0.2) is 4.39 Å². The average Bonchev–Trinajstić information content (AvgIpc) is 2.90. The van der Waals surface area contributed by atoms with Crippen LogP contribution in [0.25, 0.3) is 0 Å². The normalized spacial score (nSPS) is 28.9. The zero-order valence-corrected chi connectivity index (χ0v) is 19.8. The molecule has 8 heteroatoms. The number of carbonyl (C=O) groups excluding carboxylic acids is 2. The molecule has 1 aromatic rings. The smallest absolute Gasteiger partial charge is 0.315 e. The molecule has 2 aliphatic carbocycles. The molecule has 0 saturated heterocycles. The molecule has 4 nitrogen and oxygen atoms in total. The van der Waals surface area contributed by atoms with Crippen LogP contribution in [0.2, 0.25) is 0 Å². The zero-order chi connectivity index (χ0) is 25.5. The van der Waals surface area contributed by atoms with Gasteiger partial charge in [0, 0.05) is 35.9 Å². The van der Waals surface area contributed by atoms with E-state index in [1.165, 1.54) is 4.90 Å². The summed E-state index contributed by atoms with van der Waals surface area (Å²) in [6.07, 6.45) is 1.27. The number of amides is 1. The molecule has 1 heterocycles. The Balaban J connectivity index is 1.71. The number of rotatable bonds is 4. The molecule has 35 heavy (non-hydrogen) atoms. The van der Waals surface area contributed by atoms with Crippen molar-refractivity contribution in [2.24, 2.45) is 23.2 Å². The predicted octanol–water partition coefficient (Wildman–Crippen LogP) is 6.33. The molecule has 0 bridgehead atoms. The number of hydrogen-bond acceptors (Lipinski definition) is 3. The Bertz CT molecular complexity index is 1150. The lowest BCUT2D eigenvalue weighted by atomic mass is 9.52. The molecule has 0 unspecified atom stereocenters. The molecule has 1 aromatic carbocycles. The van der Waals surface area contributed by atoms with Crippen LogP contribution >= 0.6 is 0 Å². The number of fused-ring (bicyclic) bond motifs is 3. The third-order valence-electron chi connectivity index (χ3n) is 8.18. The number of allylic oxidation sites excluding steroid dienone is 3. The molecule has 0 aromatic heterocycles. The standard InChI is InChI=1S/C27H28F4N2O2/c1-16-13-23(34)25-19(18(16)5-4-12-32)9-8-17-14-33(24(35)10-11-26(17,25)2)15-20-21(27(29,30)31)6-3-7-22(20)28/h3,6-7,13-14,18-19,25H,4-5,8-11,15H2,1-2H3/t18-,19+,25-,26+/m1/s1. The molecular formula is C27H28F4N2O2. The van der Waals surface area contributed by atoms with E-state index < -0.39 is 41.0 Å². The van der Waals surface area contributed by atoms with Crippen molar-refractivity contribution in [3.8, 4) is 6.07 Å². The van der Waals surface area contributed by atoms with Crippen LogP contribution < -0.4 is 0 Å². The molecular weight excluding hydrogens is 460 g/mol. The second-order valence-corrected chi connectivity index (χ2v) is 10.1. The van der Waals surface area contributed by atoms with Gasteiger partial charge in [-0.3, -0.25) is 9.59 Å². The minimum Gasteiger partial charge on any atom is -0.315 e. The highest BCUT2D eigenvalue weighted by Gasteiger charge is 2.53. The van der Waals surface area contributed by atoms with Crippen LogP contribution in [-0.4, -0.2) is 16.6 Å². The summed E-state index contributed by atoms with van der Waals surface area (Å²) in [7, 11) is 0. The van der Waals surface area contributed by atoms with Crippen molar-refractivity contribution >= 4 is 11.7 Å². The first-order valence-corrected chi connectivity index (χ1v) is 11.9. The van der Waals surface area contributed by atoms with E-state index in [4.69, 9.17) is 5.26 Å². The van der Waals surface area contributed by atoms with E-state index >= 15 is 0 Å². The zero-order valence-electron chi connectivity index (χ0n) is 19.8. The fourth-order valence-corrected chi connectivity index (χ4v) is 6.41. The fourth-order valence-electron chi connectivity index (χ4n) is 6.41. The van der Waals surface area contributed by atoms with Gasteiger partial charge < -0.3 is 4.90 Å². The van der Waals surface area contributed by atoms with Crippen molar-refractivity contribution in [2.75, 3.05) is 0 Å². The van der Waals surface area contributed by atoms with Crippen LogP contribution in [0, 0.1) is 40.3 Å². The Labute approximate surface area is 202 Å². The number of nitrogens with zero attached hydrogens (tertiary/aromatic N) is 2. The molecule has 1 saturated carbocycles. The van der Waals surface area contributed by atoms with Crippen molar-refractivity contribution in [1.29, 1.82) is 5.26 Å². The topological polar surface area (TPSA) is 61.2 Å². The lowest BCUT2D eigenvalue weighted by Gasteiger charge is -2.51. The third kappa shape index (κ3) is 4.53. The van der Waals surface area contributed by atoms with Gasteiger partial charge in [0.1, 0.15) is 5.82 Å². The van der Waals surface area contributed by atoms with Crippen molar-refractivity contribution in [3.63, 3.8) is 0 Å². The van der Waals surface area contributed by atoms with Crippen LogP contribution in [0.3, 0.4) is 0 Å². The van der Waals surface area contributed by atoms with Crippen LogP contribution in [0.5, 0.6) is 0 Å². The van der Waals surface area contributed by atoms with E-state index in [-0.39, 0.29) is 30.0 Å².